The second-order valence-corrected chi connectivity index (χ2v) is 5.72. The third kappa shape index (κ3) is 2.38. The number of sulfone groups is 1. The third-order valence-corrected chi connectivity index (χ3v) is 3.35. The van der Waals surface area contributed by atoms with Crippen LogP contribution < -0.4 is 5.73 Å². The van der Waals surface area contributed by atoms with Crippen LogP contribution in [0.5, 0.6) is 0 Å². The summed E-state index contributed by atoms with van der Waals surface area (Å²) in [5.74, 6) is 0.312. The van der Waals surface area contributed by atoms with Gasteiger partial charge in [0.2, 0.25) is 0 Å². The first-order valence-electron chi connectivity index (χ1n) is 4.93. The molecule has 0 saturated heterocycles. The van der Waals surface area contributed by atoms with E-state index in [0.29, 0.717) is 11.4 Å². The Morgan fingerprint density at radius 2 is 2.22 bits per heavy atom. The minimum atomic E-state index is -3.29. The molecule has 0 spiro atoms. The summed E-state index contributed by atoms with van der Waals surface area (Å²) in [6.07, 6.45) is 5.20. The molecule has 8 heteroatoms. The molecule has 94 valence electrons. The largest absolute Gasteiger partial charge is 0.384 e. The van der Waals surface area contributed by atoms with Gasteiger partial charge in [0.15, 0.2) is 15.7 Å². The Labute approximate surface area is 104 Å². The Balaban J connectivity index is 2.46. The molecule has 2 aromatic heterocycles. The average Bonchev–Trinajstić information content (AvgIpc) is 2.78. The van der Waals surface area contributed by atoms with Crippen molar-refractivity contribution < 1.29 is 8.42 Å². The molecule has 0 unspecified atom stereocenters. The Morgan fingerprint density at radius 3 is 2.78 bits per heavy atom. The lowest BCUT2D eigenvalue weighted by atomic mass is 10.2. The first-order chi connectivity index (χ1) is 8.38. The highest BCUT2D eigenvalue weighted by Gasteiger charge is 2.11. The van der Waals surface area contributed by atoms with Crippen LogP contribution in [-0.4, -0.2) is 35.3 Å². The number of nitrogen functional groups attached to an aromatic ring is 1. The van der Waals surface area contributed by atoms with E-state index < -0.39 is 9.84 Å². The van der Waals surface area contributed by atoms with Gasteiger partial charge in [-0.15, -0.1) is 0 Å². The van der Waals surface area contributed by atoms with Gasteiger partial charge < -0.3 is 5.73 Å². The van der Waals surface area contributed by atoms with E-state index in [2.05, 4.69) is 10.1 Å². The van der Waals surface area contributed by atoms with E-state index in [1.165, 1.54) is 23.3 Å². The summed E-state index contributed by atoms with van der Waals surface area (Å²) in [6, 6.07) is 3.15. The summed E-state index contributed by atoms with van der Waals surface area (Å²) >= 11 is 0. The Hall–Kier alpha value is -2.22. The topological polar surface area (TPSA) is 115 Å². The minimum absolute atomic E-state index is 0.0888. The standard InChI is InChI=1S/C10H11N5O2S/c1-18(16,17)8-5-14-15(6-8)9-4-7(10(11)12)2-3-13-9/h2-6H,1H3,(H3,11,12). The van der Waals surface area contributed by atoms with Crippen molar-refractivity contribution in [3.8, 4) is 5.82 Å². The molecule has 0 aliphatic carbocycles. The fourth-order valence-electron chi connectivity index (χ4n) is 1.33. The highest BCUT2D eigenvalue weighted by atomic mass is 32.2. The van der Waals surface area contributed by atoms with E-state index in [9.17, 15) is 8.42 Å². The van der Waals surface area contributed by atoms with E-state index >= 15 is 0 Å². The number of nitrogens with one attached hydrogen (secondary N) is 1. The van der Waals surface area contributed by atoms with Crippen LogP contribution >= 0.6 is 0 Å². The van der Waals surface area contributed by atoms with Gasteiger partial charge in [0.1, 0.15) is 10.7 Å². The fraction of sp³-hybridized carbons (Fsp3) is 0.100. The van der Waals surface area contributed by atoms with Crippen LogP contribution in [0, 0.1) is 5.41 Å². The molecule has 0 radical (unpaired) electrons. The SMILES string of the molecule is CS(=O)(=O)c1cnn(-c2cc(C(=N)N)ccn2)c1. The number of pyridine rings is 1. The highest BCUT2D eigenvalue weighted by Crippen LogP contribution is 2.11. The van der Waals surface area contributed by atoms with Crippen molar-refractivity contribution in [1.29, 1.82) is 5.41 Å². The maximum absolute atomic E-state index is 11.3. The lowest BCUT2D eigenvalue weighted by Crippen LogP contribution is -2.12. The number of rotatable bonds is 3. The minimum Gasteiger partial charge on any atom is -0.384 e. The number of hydrogen-bond acceptors (Lipinski definition) is 5. The molecular formula is C10H11N5O2S. The normalized spacial score (nSPS) is 11.4. The molecule has 0 aliphatic rings. The molecule has 0 bridgehead atoms. The average molecular weight is 265 g/mol. The summed E-state index contributed by atoms with van der Waals surface area (Å²) in [7, 11) is -3.29. The van der Waals surface area contributed by atoms with Crippen molar-refractivity contribution >= 4 is 15.7 Å². The molecule has 0 atom stereocenters. The van der Waals surface area contributed by atoms with Gasteiger partial charge in [0, 0.05) is 18.0 Å². The second kappa shape index (κ2) is 4.22. The van der Waals surface area contributed by atoms with Crippen molar-refractivity contribution in [1.82, 2.24) is 14.8 Å². The van der Waals surface area contributed by atoms with E-state index in [1.54, 1.807) is 12.1 Å². The zero-order valence-corrected chi connectivity index (χ0v) is 10.3. The Kier molecular flexibility index (Phi) is 2.87. The van der Waals surface area contributed by atoms with Crippen molar-refractivity contribution in [2.24, 2.45) is 5.73 Å². The molecule has 2 heterocycles. The van der Waals surface area contributed by atoms with Crippen molar-refractivity contribution in [3.05, 3.63) is 36.3 Å². The highest BCUT2D eigenvalue weighted by molar-refractivity contribution is 7.90. The Morgan fingerprint density at radius 1 is 1.50 bits per heavy atom. The predicted molar refractivity (Wildman–Crippen MR) is 65.5 cm³/mol. The summed E-state index contributed by atoms with van der Waals surface area (Å²) in [4.78, 5) is 4.15. The fourth-order valence-corrected chi connectivity index (χ4v) is 1.86. The van der Waals surface area contributed by atoms with E-state index in [4.69, 9.17) is 11.1 Å². The molecule has 7 nitrogen and oxygen atoms in total. The van der Waals surface area contributed by atoms with Gasteiger partial charge in [-0.3, -0.25) is 5.41 Å². The number of aromatic nitrogens is 3. The van der Waals surface area contributed by atoms with Crippen LogP contribution in [0.15, 0.2) is 35.6 Å². The smallest absolute Gasteiger partial charge is 0.178 e. The molecule has 0 amide bonds. The molecule has 3 N–H and O–H groups in total. The summed E-state index contributed by atoms with van der Waals surface area (Å²) < 4.78 is 24.0. The maximum Gasteiger partial charge on any atom is 0.178 e. The molecule has 18 heavy (non-hydrogen) atoms. The van der Waals surface area contributed by atoms with E-state index in [1.807, 2.05) is 0 Å². The predicted octanol–water partition coefficient (Wildman–Crippen LogP) is -0.0451. The number of nitrogens with zero attached hydrogens (tertiary/aromatic N) is 3. The number of hydrogen-bond donors (Lipinski definition) is 2. The van der Waals surface area contributed by atoms with Gasteiger partial charge in [-0.25, -0.2) is 18.1 Å². The molecule has 0 saturated carbocycles. The van der Waals surface area contributed by atoms with Gasteiger partial charge in [-0.2, -0.15) is 5.10 Å². The molecule has 0 aromatic carbocycles. The summed E-state index contributed by atoms with van der Waals surface area (Å²) in [6.45, 7) is 0. The molecular weight excluding hydrogens is 254 g/mol. The van der Waals surface area contributed by atoms with E-state index in [0.717, 1.165) is 6.26 Å². The molecule has 0 aliphatic heterocycles. The summed E-state index contributed by atoms with van der Waals surface area (Å²) in [5.41, 5.74) is 5.86. The van der Waals surface area contributed by atoms with Crippen LogP contribution in [0.25, 0.3) is 5.82 Å². The van der Waals surface area contributed by atoms with Crippen LogP contribution in [0.3, 0.4) is 0 Å². The van der Waals surface area contributed by atoms with Crippen molar-refractivity contribution in [2.45, 2.75) is 4.90 Å². The Bertz CT molecular complexity index is 705. The van der Waals surface area contributed by atoms with Crippen molar-refractivity contribution in [2.75, 3.05) is 6.26 Å². The monoisotopic (exact) mass is 265 g/mol. The van der Waals surface area contributed by atoms with Crippen LogP contribution in [0.1, 0.15) is 5.56 Å². The second-order valence-electron chi connectivity index (χ2n) is 3.71. The van der Waals surface area contributed by atoms with Gasteiger partial charge in [-0.05, 0) is 12.1 Å². The number of amidine groups is 1. The van der Waals surface area contributed by atoms with Crippen molar-refractivity contribution in [3.63, 3.8) is 0 Å². The molecule has 2 aromatic rings. The molecule has 0 fully saturated rings. The first-order valence-corrected chi connectivity index (χ1v) is 6.82. The quantitative estimate of drug-likeness (QED) is 0.596. The lowest BCUT2D eigenvalue weighted by molar-refractivity contribution is 0.602. The lowest BCUT2D eigenvalue weighted by Gasteiger charge is -2.02. The number of nitrogens with two attached hydrogens (primary N) is 1. The van der Waals surface area contributed by atoms with Gasteiger partial charge in [0.05, 0.1) is 12.4 Å². The summed E-state index contributed by atoms with van der Waals surface area (Å²) in [5, 5.41) is 11.2. The van der Waals surface area contributed by atoms with Gasteiger partial charge >= 0.3 is 0 Å². The van der Waals surface area contributed by atoms with Gasteiger partial charge in [0.25, 0.3) is 0 Å². The van der Waals surface area contributed by atoms with Crippen LogP contribution in [0.4, 0.5) is 0 Å². The zero-order chi connectivity index (χ0) is 13.3. The van der Waals surface area contributed by atoms with E-state index in [-0.39, 0.29) is 10.7 Å². The molecule has 2 rings (SSSR count). The maximum atomic E-state index is 11.3. The van der Waals surface area contributed by atoms with Gasteiger partial charge in [-0.1, -0.05) is 0 Å². The first kappa shape index (κ1) is 12.2. The van der Waals surface area contributed by atoms with Crippen LogP contribution in [0.2, 0.25) is 0 Å². The zero-order valence-electron chi connectivity index (χ0n) is 9.53. The third-order valence-electron chi connectivity index (χ3n) is 2.28. The van der Waals surface area contributed by atoms with Crippen LogP contribution in [-0.2, 0) is 9.84 Å².